The average molecular weight is 316 g/mol. The number of hydrogen-bond donors (Lipinski definition) is 1. The molecule has 0 heterocycles. The number of ether oxygens (including phenoxy) is 1. The molecule has 4 heteroatoms. The molecule has 15 heavy (non-hydrogen) atoms. The minimum atomic E-state index is -0.569. The standard InChI is InChI=1S/C11H9IO3/c1-2-10(12)15-11(14)7-8-5-3-4-6-9(8)13/h1,3-6,10,13H,7H2. The van der Waals surface area contributed by atoms with Gasteiger partial charge in [-0.2, -0.15) is 0 Å². The molecule has 0 aliphatic rings. The van der Waals surface area contributed by atoms with Crippen LogP contribution in [0.3, 0.4) is 0 Å². The van der Waals surface area contributed by atoms with Gasteiger partial charge in [0, 0.05) is 5.56 Å². The molecular formula is C11H9IO3. The third-order valence-electron chi connectivity index (χ3n) is 1.69. The van der Waals surface area contributed by atoms with Crippen LogP contribution in [0.5, 0.6) is 5.75 Å². The van der Waals surface area contributed by atoms with E-state index in [4.69, 9.17) is 11.2 Å². The fourth-order valence-electron chi connectivity index (χ4n) is 1.01. The van der Waals surface area contributed by atoms with Crippen LogP contribution in [0, 0.1) is 12.3 Å². The van der Waals surface area contributed by atoms with Crippen molar-refractivity contribution < 1.29 is 14.6 Å². The van der Waals surface area contributed by atoms with Crippen LogP contribution in [0.15, 0.2) is 24.3 Å². The van der Waals surface area contributed by atoms with Gasteiger partial charge in [0.15, 0.2) is 0 Å². The summed E-state index contributed by atoms with van der Waals surface area (Å²) in [7, 11) is 0. The van der Waals surface area contributed by atoms with Gasteiger partial charge >= 0.3 is 5.97 Å². The summed E-state index contributed by atoms with van der Waals surface area (Å²) in [6.07, 6.45) is 5.08. The number of alkyl halides is 1. The number of halogens is 1. The first-order chi connectivity index (χ1) is 7.13. The molecule has 0 saturated heterocycles. The van der Waals surface area contributed by atoms with Crippen LogP contribution in [0.2, 0.25) is 0 Å². The first kappa shape index (κ1) is 11.9. The summed E-state index contributed by atoms with van der Waals surface area (Å²) in [6, 6.07) is 6.61. The van der Waals surface area contributed by atoms with Gasteiger partial charge in [0.05, 0.1) is 6.42 Å². The van der Waals surface area contributed by atoms with Crippen LogP contribution in [0.4, 0.5) is 0 Å². The molecule has 0 spiro atoms. The second kappa shape index (κ2) is 5.61. The number of carbonyl (C=O) groups excluding carboxylic acids is 1. The number of benzene rings is 1. The Morgan fingerprint density at radius 1 is 1.60 bits per heavy atom. The molecule has 0 radical (unpaired) electrons. The van der Waals surface area contributed by atoms with Crippen molar-refractivity contribution in [3.05, 3.63) is 29.8 Å². The number of phenolic OH excluding ortho intramolecular Hbond substituents is 1. The number of aromatic hydroxyl groups is 1. The van der Waals surface area contributed by atoms with Gasteiger partial charge in [-0.25, -0.2) is 0 Å². The van der Waals surface area contributed by atoms with E-state index in [1.54, 1.807) is 18.2 Å². The maximum absolute atomic E-state index is 11.3. The van der Waals surface area contributed by atoms with E-state index in [2.05, 4.69) is 5.92 Å². The minimum absolute atomic E-state index is 0.0217. The number of carbonyl (C=O) groups is 1. The largest absolute Gasteiger partial charge is 0.508 e. The predicted molar refractivity (Wildman–Crippen MR) is 64.5 cm³/mol. The molecule has 0 saturated carbocycles. The lowest BCUT2D eigenvalue weighted by molar-refractivity contribution is -0.142. The number of esters is 1. The zero-order chi connectivity index (χ0) is 11.3. The molecule has 0 aliphatic heterocycles. The summed E-state index contributed by atoms with van der Waals surface area (Å²) in [6.45, 7) is 0. The van der Waals surface area contributed by atoms with Gasteiger partial charge in [-0.3, -0.25) is 4.79 Å². The molecule has 1 atom stereocenters. The highest BCUT2D eigenvalue weighted by molar-refractivity contribution is 14.1. The predicted octanol–water partition coefficient (Wildman–Crippen LogP) is 1.87. The Morgan fingerprint density at radius 3 is 2.87 bits per heavy atom. The van der Waals surface area contributed by atoms with Crippen molar-refractivity contribution in [2.45, 2.75) is 10.5 Å². The van der Waals surface area contributed by atoms with E-state index >= 15 is 0 Å². The number of hydrogen-bond acceptors (Lipinski definition) is 3. The van der Waals surface area contributed by atoms with Crippen LogP contribution in [0.25, 0.3) is 0 Å². The maximum atomic E-state index is 11.3. The summed E-state index contributed by atoms with van der Waals surface area (Å²) < 4.78 is 4.29. The van der Waals surface area contributed by atoms with Crippen molar-refractivity contribution in [1.29, 1.82) is 0 Å². The van der Waals surface area contributed by atoms with E-state index < -0.39 is 10.1 Å². The minimum Gasteiger partial charge on any atom is -0.508 e. The van der Waals surface area contributed by atoms with Crippen molar-refractivity contribution >= 4 is 28.6 Å². The smallest absolute Gasteiger partial charge is 0.312 e. The molecule has 1 unspecified atom stereocenters. The molecule has 0 aliphatic carbocycles. The first-order valence-corrected chi connectivity index (χ1v) is 5.44. The molecule has 0 fully saturated rings. The monoisotopic (exact) mass is 316 g/mol. The molecule has 0 amide bonds. The Balaban J connectivity index is 2.60. The fraction of sp³-hybridized carbons (Fsp3) is 0.182. The summed E-state index contributed by atoms with van der Waals surface area (Å²) in [4.78, 5) is 11.3. The topological polar surface area (TPSA) is 46.5 Å². The van der Waals surface area contributed by atoms with Gasteiger partial charge in [-0.1, -0.05) is 24.1 Å². The molecule has 1 rings (SSSR count). The van der Waals surface area contributed by atoms with E-state index in [0.717, 1.165) is 0 Å². The van der Waals surface area contributed by atoms with E-state index in [-0.39, 0.29) is 12.2 Å². The summed E-state index contributed by atoms with van der Waals surface area (Å²) in [5.41, 5.74) is 0.531. The lowest BCUT2D eigenvalue weighted by Crippen LogP contribution is -2.12. The molecular weight excluding hydrogens is 307 g/mol. The van der Waals surface area contributed by atoms with Crippen LogP contribution in [-0.2, 0) is 16.0 Å². The van der Waals surface area contributed by atoms with Crippen molar-refractivity contribution in [2.24, 2.45) is 0 Å². The van der Waals surface area contributed by atoms with Crippen molar-refractivity contribution in [2.75, 3.05) is 0 Å². The number of terminal acetylenes is 1. The fourth-order valence-corrected chi connectivity index (χ4v) is 1.29. The summed E-state index contributed by atoms with van der Waals surface area (Å²) in [5.74, 6) is 1.91. The SMILES string of the molecule is C#CC(I)OC(=O)Cc1ccccc1O. The van der Waals surface area contributed by atoms with E-state index in [0.29, 0.717) is 5.56 Å². The van der Waals surface area contributed by atoms with E-state index in [1.807, 2.05) is 22.6 Å². The molecule has 1 aromatic carbocycles. The van der Waals surface area contributed by atoms with Gasteiger partial charge in [-0.15, -0.1) is 6.42 Å². The van der Waals surface area contributed by atoms with Gasteiger partial charge in [-0.05, 0) is 28.7 Å². The molecule has 1 aromatic rings. The second-order valence-electron chi connectivity index (χ2n) is 2.78. The number of para-hydroxylation sites is 1. The molecule has 0 bridgehead atoms. The van der Waals surface area contributed by atoms with E-state index in [9.17, 15) is 9.90 Å². The lowest BCUT2D eigenvalue weighted by atomic mass is 10.1. The third kappa shape index (κ3) is 3.80. The molecule has 0 aromatic heterocycles. The Kier molecular flexibility index (Phi) is 4.43. The lowest BCUT2D eigenvalue weighted by Gasteiger charge is -2.06. The van der Waals surface area contributed by atoms with Crippen LogP contribution >= 0.6 is 22.6 Å². The van der Waals surface area contributed by atoms with Gasteiger partial charge in [0.1, 0.15) is 5.75 Å². The van der Waals surface area contributed by atoms with Crippen LogP contribution in [-0.4, -0.2) is 15.2 Å². The first-order valence-electron chi connectivity index (χ1n) is 4.20. The highest BCUT2D eigenvalue weighted by Crippen LogP contribution is 2.17. The zero-order valence-electron chi connectivity index (χ0n) is 7.81. The Bertz CT molecular complexity index is 395. The Hall–Kier alpha value is -1.22. The van der Waals surface area contributed by atoms with E-state index in [1.165, 1.54) is 6.07 Å². The normalized spacial score (nSPS) is 11.5. The highest BCUT2D eigenvalue weighted by atomic mass is 127. The maximum Gasteiger partial charge on any atom is 0.312 e. The molecule has 78 valence electrons. The van der Waals surface area contributed by atoms with Gasteiger partial charge in [0.2, 0.25) is 4.11 Å². The molecule has 3 nitrogen and oxygen atoms in total. The summed E-state index contributed by atoms with van der Waals surface area (Å²) >= 11 is 1.83. The number of phenols is 1. The number of rotatable bonds is 3. The third-order valence-corrected chi connectivity index (χ3v) is 2.31. The van der Waals surface area contributed by atoms with Gasteiger partial charge < -0.3 is 9.84 Å². The Labute approximate surface area is 102 Å². The average Bonchev–Trinajstić information content (AvgIpc) is 2.21. The van der Waals surface area contributed by atoms with Crippen molar-refractivity contribution in [1.82, 2.24) is 0 Å². The van der Waals surface area contributed by atoms with Crippen molar-refractivity contribution in [3.8, 4) is 18.1 Å². The quantitative estimate of drug-likeness (QED) is 0.401. The zero-order valence-corrected chi connectivity index (χ0v) is 9.97. The van der Waals surface area contributed by atoms with Crippen molar-refractivity contribution in [3.63, 3.8) is 0 Å². The Morgan fingerprint density at radius 2 is 2.27 bits per heavy atom. The van der Waals surface area contributed by atoms with Gasteiger partial charge in [0.25, 0.3) is 0 Å². The van der Waals surface area contributed by atoms with Crippen LogP contribution in [0.1, 0.15) is 5.56 Å². The second-order valence-corrected chi connectivity index (χ2v) is 3.91. The highest BCUT2D eigenvalue weighted by Gasteiger charge is 2.11. The molecule has 1 N–H and O–H groups in total. The van der Waals surface area contributed by atoms with Crippen LogP contribution < -0.4 is 0 Å². The summed E-state index contributed by atoms with van der Waals surface area (Å²) in [5, 5.41) is 9.40.